The molecule has 5 N–H and O–H groups in total. The van der Waals surface area contributed by atoms with Gasteiger partial charge in [-0.3, -0.25) is 14.4 Å². The van der Waals surface area contributed by atoms with Crippen LogP contribution in [0.5, 0.6) is 11.5 Å². The van der Waals surface area contributed by atoms with Gasteiger partial charge in [0.2, 0.25) is 5.91 Å². The fourth-order valence-electron chi connectivity index (χ4n) is 4.63. The first-order valence-electron chi connectivity index (χ1n) is 12.2. The van der Waals surface area contributed by atoms with Crippen LogP contribution in [0.15, 0.2) is 35.7 Å². The number of thiophene rings is 1. The zero-order chi connectivity index (χ0) is 27.2. The molecule has 1 fully saturated rings. The van der Waals surface area contributed by atoms with Gasteiger partial charge in [0.1, 0.15) is 10.9 Å². The van der Waals surface area contributed by atoms with Crippen LogP contribution in [-0.4, -0.2) is 47.3 Å². The zero-order valence-corrected chi connectivity index (χ0v) is 22.9. The van der Waals surface area contributed by atoms with E-state index in [0.717, 1.165) is 48.5 Å². The lowest BCUT2D eigenvalue weighted by atomic mass is 9.94. The third-order valence-electron chi connectivity index (χ3n) is 6.56. The quantitative estimate of drug-likeness (QED) is 0.344. The van der Waals surface area contributed by atoms with E-state index in [1.165, 1.54) is 30.5 Å². The van der Waals surface area contributed by atoms with Crippen molar-refractivity contribution in [1.82, 2.24) is 14.6 Å². The summed E-state index contributed by atoms with van der Waals surface area (Å²) in [5.74, 6) is -0.741. The number of carbonyl (C=O) groups excluding carboxylic acids is 3. The Balaban J connectivity index is 1.81. The number of primary amides is 1. The molecule has 0 spiro atoms. The van der Waals surface area contributed by atoms with Gasteiger partial charge in [-0.1, -0.05) is 31.4 Å². The van der Waals surface area contributed by atoms with Crippen molar-refractivity contribution in [1.29, 1.82) is 0 Å². The van der Waals surface area contributed by atoms with Crippen molar-refractivity contribution < 1.29 is 23.9 Å². The van der Waals surface area contributed by atoms with Crippen LogP contribution in [0, 0.1) is 0 Å². The Morgan fingerprint density at radius 1 is 1.13 bits per heavy atom. The standard InChI is InChI=1S/C26H31N5O5S2/c1-35-18-11-10-15(13-19(18)36-2)22(25(33)29-16-7-4-3-5-8-16)31(14-17-9-6-12-37-17)26(34)23-20(27)21(24(28)32)30-38-23/h6,9-13,16,22H,3-5,7-8,14,27H2,1-2H3,(H2,28,32)(H,29,33)/t22-/m0/s1. The van der Waals surface area contributed by atoms with Crippen molar-refractivity contribution in [2.45, 2.75) is 50.7 Å². The maximum Gasteiger partial charge on any atom is 0.270 e. The molecular weight excluding hydrogens is 526 g/mol. The van der Waals surface area contributed by atoms with Crippen molar-refractivity contribution in [2.24, 2.45) is 5.73 Å². The van der Waals surface area contributed by atoms with Gasteiger partial charge in [-0.15, -0.1) is 11.3 Å². The SMILES string of the molecule is COc1ccc([C@@H](C(=O)NC2CCCCC2)N(Cc2cccs2)C(=O)c2snc(C(N)=O)c2N)cc1OC. The molecule has 202 valence electrons. The minimum absolute atomic E-state index is 0.0209. The van der Waals surface area contributed by atoms with Crippen LogP contribution in [0.2, 0.25) is 0 Å². The van der Waals surface area contributed by atoms with Crippen molar-refractivity contribution >= 4 is 46.3 Å². The van der Waals surface area contributed by atoms with Crippen LogP contribution in [0.4, 0.5) is 5.69 Å². The van der Waals surface area contributed by atoms with Crippen LogP contribution in [-0.2, 0) is 11.3 Å². The molecule has 2 heterocycles. The third kappa shape index (κ3) is 5.91. The largest absolute Gasteiger partial charge is 0.493 e. The van der Waals surface area contributed by atoms with Crippen LogP contribution in [0.1, 0.15) is 68.7 Å². The first-order chi connectivity index (χ1) is 18.3. The van der Waals surface area contributed by atoms with E-state index >= 15 is 0 Å². The number of hydrogen-bond acceptors (Lipinski definition) is 9. The highest BCUT2D eigenvalue weighted by Gasteiger charge is 2.36. The van der Waals surface area contributed by atoms with Gasteiger partial charge in [0.25, 0.3) is 11.8 Å². The first-order valence-corrected chi connectivity index (χ1v) is 13.9. The molecule has 3 amide bonds. The number of hydrogen-bond donors (Lipinski definition) is 3. The van der Waals surface area contributed by atoms with E-state index in [0.29, 0.717) is 17.1 Å². The van der Waals surface area contributed by atoms with E-state index < -0.39 is 17.9 Å². The summed E-state index contributed by atoms with van der Waals surface area (Å²) < 4.78 is 14.9. The second-order valence-electron chi connectivity index (χ2n) is 9.01. The minimum atomic E-state index is -1.02. The Morgan fingerprint density at radius 3 is 2.47 bits per heavy atom. The van der Waals surface area contributed by atoms with Gasteiger partial charge in [0.15, 0.2) is 17.2 Å². The molecule has 1 atom stereocenters. The molecule has 0 radical (unpaired) electrons. The Kier molecular flexibility index (Phi) is 8.85. The number of nitrogen functional groups attached to an aromatic ring is 1. The summed E-state index contributed by atoms with van der Waals surface area (Å²) >= 11 is 2.25. The Morgan fingerprint density at radius 2 is 1.87 bits per heavy atom. The fraction of sp³-hybridized carbons (Fsp3) is 0.385. The van der Waals surface area contributed by atoms with Gasteiger partial charge >= 0.3 is 0 Å². The average molecular weight is 558 g/mol. The van der Waals surface area contributed by atoms with E-state index in [9.17, 15) is 14.4 Å². The van der Waals surface area contributed by atoms with Crippen LogP contribution >= 0.6 is 22.9 Å². The molecule has 0 unspecified atom stereocenters. The van der Waals surface area contributed by atoms with E-state index in [4.69, 9.17) is 20.9 Å². The second-order valence-corrected chi connectivity index (χ2v) is 10.8. The monoisotopic (exact) mass is 557 g/mol. The molecule has 38 heavy (non-hydrogen) atoms. The molecule has 4 rings (SSSR count). The average Bonchev–Trinajstić information content (AvgIpc) is 3.58. The van der Waals surface area contributed by atoms with Crippen molar-refractivity contribution in [3.05, 3.63) is 56.7 Å². The lowest BCUT2D eigenvalue weighted by molar-refractivity contribution is -0.127. The Hall–Kier alpha value is -3.64. The second kappa shape index (κ2) is 12.3. The summed E-state index contributed by atoms with van der Waals surface area (Å²) in [6.45, 7) is 0.136. The third-order valence-corrected chi connectivity index (χ3v) is 8.27. The summed E-state index contributed by atoms with van der Waals surface area (Å²) in [7, 11) is 3.04. The number of aromatic nitrogens is 1. The molecule has 10 nitrogen and oxygen atoms in total. The van der Waals surface area contributed by atoms with E-state index in [2.05, 4.69) is 9.69 Å². The highest BCUT2D eigenvalue weighted by molar-refractivity contribution is 7.10. The maximum atomic E-state index is 14.0. The highest BCUT2D eigenvalue weighted by Crippen LogP contribution is 2.35. The maximum absolute atomic E-state index is 14.0. The zero-order valence-electron chi connectivity index (χ0n) is 21.3. The molecule has 2 aromatic heterocycles. The van der Waals surface area contributed by atoms with Crippen LogP contribution in [0.3, 0.4) is 0 Å². The number of benzene rings is 1. The number of nitrogens with one attached hydrogen (secondary N) is 1. The van der Waals surface area contributed by atoms with Crippen LogP contribution in [0.25, 0.3) is 0 Å². The fourth-order valence-corrected chi connectivity index (χ4v) is 6.10. The molecule has 0 saturated heterocycles. The Bertz CT molecular complexity index is 1290. The van der Waals surface area contributed by atoms with Gasteiger partial charge in [-0.25, -0.2) is 0 Å². The van der Waals surface area contributed by atoms with E-state index in [1.54, 1.807) is 18.2 Å². The van der Waals surface area contributed by atoms with Crippen molar-refractivity contribution in [3.63, 3.8) is 0 Å². The normalized spacial score (nSPS) is 14.5. The van der Waals surface area contributed by atoms with Gasteiger partial charge in [0.05, 0.1) is 26.5 Å². The molecule has 1 aliphatic carbocycles. The summed E-state index contributed by atoms with van der Waals surface area (Å²) in [4.78, 5) is 42.2. The number of rotatable bonds is 10. The molecule has 1 aliphatic rings. The molecule has 3 aromatic rings. The summed E-state index contributed by atoms with van der Waals surface area (Å²) in [6, 6.07) is 7.91. The lowest BCUT2D eigenvalue weighted by Crippen LogP contribution is -2.46. The molecule has 1 saturated carbocycles. The highest BCUT2D eigenvalue weighted by atomic mass is 32.1. The number of amides is 3. The number of methoxy groups -OCH3 is 2. The predicted molar refractivity (Wildman–Crippen MR) is 147 cm³/mol. The molecule has 12 heteroatoms. The van der Waals surface area contributed by atoms with Crippen molar-refractivity contribution in [2.75, 3.05) is 20.0 Å². The minimum Gasteiger partial charge on any atom is -0.493 e. The van der Waals surface area contributed by atoms with Gasteiger partial charge in [0, 0.05) is 10.9 Å². The number of nitrogens with two attached hydrogens (primary N) is 2. The van der Waals surface area contributed by atoms with Gasteiger partial charge in [-0.05, 0) is 53.5 Å². The number of nitrogens with zero attached hydrogens (tertiary/aromatic N) is 2. The molecule has 1 aromatic carbocycles. The Labute approximate surface area is 229 Å². The summed E-state index contributed by atoms with van der Waals surface area (Å²) in [5, 5.41) is 5.07. The number of ether oxygens (including phenoxy) is 2. The molecule has 0 aliphatic heterocycles. The van der Waals surface area contributed by atoms with Crippen molar-refractivity contribution in [3.8, 4) is 11.5 Å². The topological polar surface area (TPSA) is 150 Å². The summed E-state index contributed by atoms with van der Waals surface area (Å²) in [5.41, 5.74) is 11.8. The van der Waals surface area contributed by atoms with Gasteiger partial charge < -0.3 is 31.2 Å². The molecular formula is C26H31N5O5S2. The first kappa shape index (κ1) is 27.4. The van der Waals surface area contributed by atoms with Crippen LogP contribution < -0.4 is 26.3 Å². The summed E-state index contributed by atoms with van der Waals surface area (Å²) in [6.07, 6.45) is 4.98. The number of carbonyl (C=O) groups is 3. The van der Waals surface area contributed by atoms with Gasteiger partial charge in [-0.2, -0.15) is 4.37 Å². The van der Waals surface area contributed by atoms with E-state index in [-0.39, 0.29) is 34.8 Å². The smallest absolute Gasteiger partial charge is 0.270 e. The van der Waals surface area contributed by atoms with E-state index in [1.807, 2.05) is 17.5 Å². The predicted octanol–water partition coefficient (Wildman–Crippen LogP) is 3.74. The molecule has 0 bridgehead atoms. The lowest BCUT2D eigenvalue weighted by Gasteiger charge is -2.33. The number of anilines is 1.